The summed E-state index contributed by atoms with van der Waals surface area (Å²) in [7, 11) is 0. The van der Waals surface area contributed by atoms with Crippen molar-refractivity contribution in [3.05, 3.63) is 65.7 Å². The molecule has 0 saturated carbocycles. The summed E-state index contributed by atoms with van der Waals surface area (Å²) >= 11 is 0. The van der Waals surface area contributed by atoms with E-state index < -0.39 is 0 Å². The first-order valence-corrected chi connectivity index (χ1v) is 9.64. The Hall–Kier alpha value is -2.08. The van der Waals surface area contributed by atoms with Gasteiger partial charge in [-0.2, -0.15) is 0 Å². The third-order valence-electron chi connectivity index (χ3n) is 4.70. The molecular formula is C22H29ClN2O3. The van der Waals surface area contributed by atoms with Crippen molar-refractivity contribution in [1.29, 1.82) is 0 Å². The number of halogens is 1. The highest BCUT2D eigenvalue weighted by Crippen LogP contribution is 2.18. The second kappa shape index (κ2) is 11.7. The normalized spacial score (nSPS) is 15.7. The summed E-state index contributed by atoms with van der Waals surface area (Å²) in [5.74, 6) is 0.775. The van der Waals surface area contributed by atoms with Crippen LogP contribution in [0.2, 0.25) is 0 Å². The monoisotopic (exact) mass is 404 g/mol. The number of nitrogens with zero attached hydrogens (tertiary/aromatic N) is 1. The van der Waals surface area contributed by atoms with Crippen LogP contribution in [0.1, 0.15) is 35.2 Å². The first kappa shape index (κ1) is 22.2. The lowest BCUT2D eigenvalue weighted by molar-refractivity contribution is 0.0678. The van der Waals surface area contributed by atoms with Crippen molar-refractivity contribution in [2.24, 2.45) is 5.73 Å². The van der Waals surface area contributed by atoms with Crippen LogP contribution in [-0.4, -0.2) is 43.2 Å². The van der Waals surface area contributed by atoms with E-state index in [1.54, 1.807) is 0 Å². The van der Waals surface area contributed by atoms with Gasteiger partial charge in [-0.15, -0.1) is 12.4 Å². The molecule has 1 aliphatic rings. The second-order valence-corrected chi connectivity index (χ2v) is 6.82. The van der Waals surface area contributed by atoms with E-state index in [1.165, 1.54) is 0 Å². The second-order valence-electron chi connectivity index (χ2n) is 6.82. The fourth-order valence-corrected chi connectivity index (χ4v) is 3.18. The van der Waals surface area contributed by atoms with Crippen molar-refractivity contribution < 1.29 is 14.3 Å². The number of hydrogen-bond donors (Lipinski definition) is 1. The molecule has 0 aromatic heterocycles. The number of ether oxygens (including phenoxy) is 2. The van der Waals surface area contributed by atoms with E-state index in [2.05, 4.69) is 0 Å². The molecule has 1 fully saturated rings. The number of rotatable bonds is 9. The van der Waals surface area contributed by atoms with E-state index in [-0.39, 0.29) is 24.4 Å². The Bertz CT molecular complexity index is 703. The maximum Gasteiger partial charge on any atom is 0.254 e. The largest absolute Gasteiger partial charge is 0.491 e. The van der Waals surface area contributed by atoms with Gasteiger partial charge in [-0.05, 0) is 55.6 Å². The van der Waals surface area contributed by atoms with Crippen LogP contribution in [0.3, 0.4) is 0 Å². The first-order chi connectivity index (χ1) is 13.3. The van der Waals surface area contributed by atoms with Gasteiger partial charge >= 0.3 is 0 Å². The Morgan fingerprint density at radius 3 is 2.54 bits per heavy atom. The molecule has 1 saturated heterocycles. The lowest BCUT2D eigenvalue weighted by Crippen LogP contribution is -2.32. The SMILES string of the molecule is Cl.NCCCN(Cc1ccccc1)C(=O)c1ccc(OCC2CCCO2)cc1. The summed E-state index contributed by atoms with van der Waals surface area (Å²) in [6, 6.07) is 17.4. The van der Waals surface area contributed by atoms with Gasteiger partial charge in [0, 0.05) is 25.3 Å². The molecule has 152 valence electrons. The Labute approximate surface area is 173 Å². The van der Waals surface area contributed by atoms with E-state index in [0.717, 1.165) is 37.2 Å². The van der Waals surface area contributed by atoms with Gasteiger partial charge < -0.3 is 20.1 Å². The van der Waals surface area contributed by atoms with E-state index in [0.29, 0.717) is 31.8 Å². The number of hydrogen-bond acceptors (Lipinski definition) is 4. The molecule has 28 heavy (non-hydrogen) atoms. The van der Waals surface area contributed by atoms with Crippen LogP contribution in [0.4, 0.5) is 0 Å². The van der Waals surface area contributed by atoms with Crippen LogP contribution < -0.4 is 10.5 Å². The van der Waals surface area contributed by atoms with Gasteiger partial charge in [-0.3, -0.25) is 4.79 Å². The summed E-state index contributed by atoms with van der Waals surface area (Å²) in [5.41, 5.74) is 7.42. The number of benzene rings is 2. The van der Waals surface area contributed by atoms with Crippen molar-refractivity contribution in [3.8, 4) is 5.75 Å². The van der Waals surface area contributed by atoms with Crippen LogP contribution in [0.5, 0.6) is 5.75 Å². The standard InChI is InChI=1S/C22H28N2O3.ClH/c23-13-5-14-24(16-18-6-2-1-3-7-18)22(25)19-9-11-20(12-10-19)27-17-21-8-4-15-26-21;/h1-3,6-7,9-12,21H,4-5,8,13-17,23H2;1H. The summed E-state index contributed by atoms with van der Waals surface area (Å²) in [6.45, 7) is 3.17. The molecular weight excluding hydrogens is 376 g/mol. The maximum absolute atomic E-state index is 13.0. The van der Waals surface area contributed by atoms with Crippen molar-refractivity contribution in [1.82, 2.24) is 4.90 Å². The Kier molecular flexibility index (Phi) is 9.28. The number of nitrogens with two attached hydrogens (primary N) is 1. The number of amides is 1. The smallest absolute Gasteiger partial charge is 0.254 e. The fourth-order valence-electron chi connectivity index (χ4n) is 3.18. The Morgan fingerprint density at radius 1 is 1.14 bits per heavy atom. The third-order valence-corrected chi connectivity index (χ3v) is 4.70. The average molecular weight is 405 g/mol. The lowest BCUT2D eigenvalue weighted by Gasteiger charge is -2.23. The predicted molar refractivity (Wildman–Crippen MR) is 113 cm³/mol. The zero-order valence-electron chi connectivity index (χ0n) is 16.1. The molecule has 0 radical (unpaired) electrons. The van der Waals surface area contributed by atoms with Gasteiger partial charge in [0.15, 0.2) is 0 Å². The van der Waals surface area contributed by atoms with E-state index >= 15 is 0 Å². The summed E-state index contributed by atoms with van der Waals surface area (Å²) < 4.78 is 11.3. The molecule has 1 heterocycles. The fraction of sp³-hybridized carbons (Fsp3) is 0.409. The molecule has 2 aromatic rings. The van der Waals surface area contributed by atoms with Crippen molar-refractivity contribution in [3.63, 3.8) is 0 Å². The van der Waals surface area contributed by atoms with Gasteiger partial charge in [-0.25, -0.2) is 0 Å². The Morgan fingerprint density at radius 2 is 1.89 bits per heavy atom. The van der Waals surface area contributed by atoms with Gasteiger partial charge in [-0.1, -0.05) is 30.3 Å². The number of carbonyl (C=O) groups excluding carboxylic acids is 1. The van der Waals surface area contributed by atoms with Crippen molar-refractivity contribution in [2.45, 2.75) is 31.9 Å². The molecule has 2 aromatic carbocycles. The average Bonchev–Trinajstić information content (AvgIpc) is 3.24. The highest BCUT2D eigenvalue weighted by atomic mass is 35.5. The minimum atomic E-state index is 0. The van der Waals surface area contributed by atoms with Crippen molar-refractivity contribution >= 4 is 18.3 Å². The Balaban J connectivity index is 0.00000280. The maximum atomic E-state index is 13.0. The van der Waals surface area contributed by atoms with Gasteiger partial charge in [0.05, 0.1) is 6.10 Å². The summed E-state index contributed by atoms with van der Waals surface area (Å²) in [6.07, 6.45) is 3.11. The zero-order chi connectivity index (χ0) is 18.9. The lowest BCUT2D eigenvalue weighted by atomic mass is 10.1. The molecule has 0 bridgehead atoms. The highest BCUT2D eigenvalue weighted by molar-refractivity contribution is 5.94. The molecule has 0 spiro atoms. The topological polar surface area (TPSA) is 64.8 Å². The molecule has 0 aliphatic carbocycles. The molecule has 1 aliphatic heterocycles. The van der Waals surface area contributed by atoms with Gasteiger partial charge in [0.2, 0.25) is 0 Å². The molecule has 6 heteroatoms. The predicted octanol–water partition coefficient (Wildman–Crippen LogP) is 3.66. The molecule has 1 unspecified atom stereocenters. The van der Waals surface area contributed by atoms with E-state index in [9.17, 15) is 4.79 Å². The zero-order valence-corrected chi connectivity index (χ0v) is 16.9. The van der Waals surface area contributed by atoms with Gasteiger partial charge in [0.25, 0.3) is 5.91 Å². The van der Waals surface area contributed by atoms with Crippen LogP contribution in [0, 0.1) is 0 Å². The molecule has 1 atom stereocenters. The van der Waals surface area contributed by atoms with Gasteiger partial charge in [0.1, 0.15) is 12.4 Å². The quantitative estimate of drug-likeness (QED) is 0.692. The van der Waals surface area contributed by atoms with E-state index in [1.807, 2.05) is 59.5 Å². The number of carbonyl (C=O) groups is 1. The molecule has 2 N–H and O–H groups in total. The molecule has 5 nitrogen and oxygen atoms in total. The van der Waals surface area contributed by atoms with Crippen LogP contribution in [0.15, 0.2) is 54.6 Å². The summed E-state index contributed by atoms with van der Waals surface area (Å²) in [5, 5.41) is 0. The third kappa shape index (κ3) is 6.51. The van der Waals surface area contributed by atoms with Crippen molar-refractivity contribution in [2.75, 3.05) is 26.3 Å². The minimum Gasteiger partial charge on any atom is -0.491 e. The minimum absolute atomic E-state index is 0. The highest BCUT2D eigenvalue weighted by Gasteiger charge is 2.17. The summed E-state index contributed by atoms with van der Waals surface area (Å²) in [4.78, 5) is 14.8. The molecule has 3 rings (SSSR count). The first-order valence-electron chi connectivity index (χ1n) is 9.64. The van der Waals surface area contributed by atoms with Crippen LogP contribution >= 0.6 is 12.4 Å². The van der Waals surface area contributed by atoms with E-state index in [4.69, 9.17) is 15.2 Å². The molecule has 1 amide bonds. The van der Waals surface area contributed by atoms with Crippen LogP contribution in [-0.2, 0) is 11.3 Å². The van der Waals surface area contributed by atoms with Crippen LogP contribution in [0.25, 0.3) is 0 Å².